The van der Waals surface area contributed by atoms with Crippen molar-refractivity contribution in [3.63, 3.8) is 0 Å². The number of carbonyl (C=O) groups is 1. The molecule has 1 N–H and O–H groups in total. The van der Waals surface area contributed by atoms with Gasteiger partial charge < -0.3 is 9.73 Å². The highest BCUT2D eigenvalue weighted by Crippen LogP contribution is 2.20. The molecule has 0 spiro atoms. The number of benzene rings is 2. The van der Waals surface area contributed by atoms with E-state index in [0.717, 1.165) is 11.1 Å². The third-order valence-electron chi connectivity index (χ3n) is 4.81. The average Bonchev–Trinajstić information content (AvgIpc) is 3.16. The summed E-state index contributed by atoms with van der Waals surface area (Å²) in [6.45, 7) is 8.36. The molecule has 1 heterocycles. The lowest BCUT2D eigenvalue weighted by Crippen LogP contribution is -2.26. The zero-order valence-corrected chi connectivity index (χ0v) is 16.9. The number of aryl methyl sites for hydroxylation is 2. The first-order valence-corrected chi connectivity index (χ1v) is 9.71. The molecule has 1 unspecified atom stereocenters. The number of rotatable bonds is 7. The lowest BCUT2D eigenvalue weighted by molar-refractivity contribution is -0.121. The molecule has 0 radical (unpaired) electrons. The number of nitrogens with one attached hydrogen (secondary N) is 1. The molecule has 0 aliphatic carbocycles. The zero-order valence-electron chi connectivity index (χ0n) is 16.9. The molecule has 5 heteroatoms. The van der Waals surface area contributed by atoms with Gasteiger partial charge in [-0.2, -0.15) is 0 Å². The molecule has 0 saturated heterocycles. The third kappa shape index (κ3) is 5.06. The summed E-state index contributed by atoms with van der Waals surface area (Å²) in [5.41, 5.74) is 4.45. The summed E-state index contributed by atoms with van der Waals surface area (Å²) < 4.78 is 5.68. The van der Waals surface area contributed by atoms with Crippen LogP contribution in [0, 0.1) is 6.92 Å². The van der Waals surface area contributed by atoms with Gasteiger partial charge in [0, 0.05) is 18.4 Å². The summed E-state index contributed by atoms with van der Waals surface area (Å²) in [7, 11) is 0. The van der Waals surface area contributed by atoms with Crippen LogP contribution in [0.2, 0.25) is 0 Å². The van der Waals surface area contributed by atoms with Gasteiger partial charge in [0.25, 0.3) is 0 Å². The predicted octanol–water partition coefficient (Wildman–Crippen LogP) is 4.98. The van der Waals surface area contributed by atoms with E-state index < -0.39 is 0 Å². The number of nitrogens with zero attached hydrogens (tertiary/aromatic N) is 2. The topological polar surface area (TPSA) is 68.0 Å². The number of amides is 1. The quantitative estimate of drug-likeness (QED) is 0.631. The van der Waals surface area contributed by atoms with Crippen LogP contribution < -0.4 is 5.32 Å². The van der Waals surface area contributed by atoms with Crippen molar-refractivity contribution in [3.8, 4) is 11.5 Å². The summed E-state index contributed by atoms with van der Waals surface area (Å²) in [6, 6.07) is 16.2. The highest BCUT2D eigenvalue weighted by Gasteiger charge is 2.13. The van der Waals surface area contributed by atoms with E-state index >= 15 is 0 Å². The van der Waals surface area contributed by atoms with E-state index in [0.29, 0.717) is 30.5 Å². The van der Waals surface area contributed by atoms with Gasteiger partial charge in [-0.1, -0.05) is 55.8 Å². The van der Waals surface area contributed by atoms with Gasteiger partial charge in [-0.15, -0.1) is 10.2 Å². The Morgan fingerprint density at radius 2 is 1.61 bits per heavy atom. The van der Waals surface area contributed by atoms with Crippen LogP contribution in [0.1, 0.15) is 61.7 Å². The van der Waals surface area contributed by atoms with Crippen LogP contribution in [-0.4, -0.2) is 16.1 Å². The fourth-order valence-corrected chi connectivity index (χ4v) is 2.95. The number of carbonyl (C=O) groups excluding carboxylic acids is 1. The van der Waals surface area contributed by atoms with Gasteiger partial charge in [-0.3, -0.25) is 4.79 Å². The Labute approximate surface area is 166 Å². The predicted molar refractivity (Wildman–Crippen MR) is 110 cm³/mol. The summed E-state index contributed by atoms with van der Waals surface area (Å²) in [4.78, 5) is 12.3. The Bertz CT molecular complexity index is 912. The second-order valence-electron chi connectivity index (χ2n) is 7.48. The molecule has 0 saturated carbocycles. The van der Waals surface area contributed by atoms with E-state index in [-0.39, 0.29) is 11.9 Å². The number of aromatic nitrogens is 2. The SMILES string of the molecule is Cc1ccc(-c2nnc(CCC(=O)NC(C)c3ccc(C(C)C)cc3)o2)cc1. The zero-order chi connectivity index (χ0) is 20.1. The van der Waals surface area contributed by atoms with Crippen molar-refractivity contribution in [2.45, 2.75) is 52.5 Å². The number of hydrogen-bond acceptors (Lipinski definition) is 4. The van der Waals surface area contributed by atoms with Gasteiger partial charge in [-0.05, 0) is 43.0 Å². The molecule has 2 aromatic carbocycles. The van der Waals surface area contributed by atoms with Crippen molar-refractivity contribution in [2.75, 3.05) is 0 Å². The Morgan fingerprint density at radius 1 is 0.964 bits per heavy atom. The number of hydrogen-bond donors (Lipinski definition) is 1. The largest absolute Gasteiger partial charge is 0.421 e. The highest BCUT2D eigenvalue weighted by atomic mass is 16.4. The van der Waals surface area contributed by atoms with Crippen LogP contribution in [-0.2, 0) is 11.2 Å². The Hall–Kier alpha value is -2.95. The van der Waals surface area contributed by atoms with Gasteiger partial charge in [0.15, 0.2) is 0 Å². The highest BCUT2D eigenvalue weighted by molar-refractivity contribution is 5.76. The molecule has 1 atom stereocenters. The van der Waals surface area contributed by atoms with E-state index in [2.05, 4.69) is 53.6 Å². The van der Waals surface area contributed by atoms with E-state index in [4.69, 9.17) is 4.42 Å². The van der Waals surface area contributed by atoms with Crippen molar-refractivity contribution < 1.29 is 9.21 Å². The molecule has 0 aliphatic heterocycles. The molecule has 1 amide bonds. The van der Waals surface area contributed by atoms with Crippen molar-refractivity contribution in [1.29, 1.82) is 0 Å². The molecule has 0 aliphatic rings. The summed E-state index contributed by atoms with van der Waals surface area (Å²) in [5.74, 6) is 1.42. The minimum Gasteiger partial charge on any atom is -0.421 e. The molecule has 3 rings (SSSR count). The minimum atomic E-state index is -0.0421. The maximum absolute atomic E-state index is 12.3. The Kier molecular flexibility index (Phi) is 6.24. The van der Waals surface area contributed by atoms with Crippen LogP contribution in [0.5, 0.6) is 0 Å². The normalized spacial score (nSPS) is 12.2. The molecule has 3 aromatic rings. The molecule has 1 aromatic heterocycles. The van der Waals surface area contributed by atoms with E-state index in [1.165, 1.54) is 11.1 Å². The average molecular weight is 377 g/mol. The fourth-order valence-electron chi connectivity index (χ4n) is 2.95. The van der Waals surface area contributed by atoms with Crippen LogP contribution in [0.15, 0.2) is 52.9 Å². The molecular weight excluding hydrogens is 350 g/mol. The van der Waals surface area contributed by atoms with Gasteiger partial charge in [0.1, 0.15) is 0 Å². The van der Waals surface area contributed by atoms with Crippen LogP contribution in [0.4, 0.5) is 0 Å². The molecule has 28 heavy (non-hydrogen) atoms. The van der Waals surface area contributed by atoms with Crippen molar-refractivity contribution in [3.05, 3.63) is 71.1 Å². The fraction of sp³-hybridized carbons (Fsp3) is 0.348. The lowest BCUT2D eigenvalue weighted by atomic mass is 9.99. The maximum atomic E-state index is 12.3. The van der Waals surface area contributed by atoms with Crippen LogP contribution in [0.3, 0.4) is 0 Å². The van der Waals surface area contributed by atoms with Crippen LogP contribution >= 0.6 is 0 Å². The van der Waals surface area contributed by atoms with E-state index in [9.17, 15) is 4.79 Å². The minimum absolute atomic E-state index is 0.0319. The maximum Gasteiger partial charge on any atom is 0.247 e. The van der Waals surface area contributed by atoms with Crippen molar-refractivity contribution in [2.24, 2.45) is 0 Å². The van der Waals surface area contributed by atoms with Crippen molar-refractivity contribution >= 4 is 5.91 Å². The van der Waals surface area contributed by atoms with E-state index in [1.807, 2.05) is 38.1 Å². The molecule has 146 valence electrons. The molecular formula is C23H27N3O2. The smallest absolute Gasteiger partial charge is 0.247 e. The lowest BCUT2D eigenvalue weighted by Gasteiger charge is -2.15. The van der Waals surface area contributed by atoms with Crippen LogP contribution in [0.25, 0.3) is 11.5 Å². The van der Waals surface area contributed by atoms with Gasteiger partial charge in [-0.25, -0.2) is 0 Å². The first-order chi connectivity index (χ1) is 13.4. The van der Waals surface area contributed by atoms with Gasteiger partial charge >= 0.3 is 0 Å². The molecule has 0 bridgehead atoms. The summed E-state index contributed by atoms with van der Waals surface area (Å²) >= 11 is 0. The summed E-state index contributed by atoms with van der Waals surface area (Å²) in [5, 5.41) is 11.2. The van der Waals surface area contributed by atoms with E-state index in [1.54, 1.807) is 0 Å². The molecule has 0 fully saturated rings. The first kappa shape index (κ1) is 19.8. The molecule has 5 nitrogen and oxygen atoms in total. The monoisotopic (exact) mass is 377 g/mol. The third-order valence-corrected chi connectivity index (χ3v) is 4.81. The Balaban J connectivity index is 1.52. The van der Waals surface area contributed by atoms with Gasteiger partial charge in [0.2, 0.25) is 17.7 Å². The Morgan fingerprint density at radius 3 is 2.25 bits per heavy atom. The second-order valence-corrected chi connectivity index (χ2v) is 7.48. The second kappa shape index (κ2) is 8.83. The standard InChI is InChI=1S/C23H27N3O2/c1-15(2)18-9-11-19(12-10-18)17(4)24-21(27)13-14-22-25-26-23(28-22)20-7-5-16(3)6-8-20/h5-12,15,17H,13-14H2,1-4H3,(H,24,27). The summed E-state index contributed by atoms with van der Waals surface area (Å²) in [6.07, 6.45) is 0.730. The first-order valence-electron chi connectivity index (χ1n) is 9.71. The van der Waals surface area contributed by atoms with Gasteiger partial charge in [0.05, 0.1) is 6.04 Å². The van der Waals surface area contributed by atoms with Crippen molar-refractivity contribution in [1.82, 2.24) is 15.5 Å².